The predicted octanol–water partition coefficient (Wildman–Crippen LogP) is 1.14. The zero-order valence-corrected chi connectivity index (χ0v) is 9.08. The third kappa shape index (κ3) is 1.72. The van der Waals surface area contributed by atoms with Gasteiger partial charge in [0, 0.05) is 18.5 Å². The van der Waals surface area contributed by atoms with E-state index in [1.807, 2.05) is 12.1 Å². The molecule has 0 aliphatic rings. The summed E-state index contributed by atoms with van der Waals surface area (Å²) < 4.78 is 2.48. The van der Waals surface area contributed by atoms with Crippen molar-refractivity contribution in [1.29, 1.82) is 5.26 Å². The summed E-state index contributed by atoms with van der Waals surface area (Å²) in [5, 5.41) is 12.8. The largest absolute Gasteiger partial charge is 0.234 e. The van der Waals surface area contributed by atoms with Gasteiger partial charge in [-0.15, -0.1) is 0 Å². The second kappa shape index (κ2) is 3.71. The number of aromatic nitrogens is 4. The first-order valence-corrected chi connectivity index (χ1v) is 4.82. The minimum Gasteiger partial charge on any atom is -0.227 e. The van der Waals surface area contributed by atoms with Crippen molar-refractivity contribution in [1.82, 2.24) is 19.7 Å². The van der Waals surface area contributed by atoms with Crippen LogP contribution in [0.25, 0.3) is 5.82 Å². The van der Waals surface area contributed by atoms with Gasteiger partial charge in [-0.05, 0) is 28.7 Å². The van der Waals surface area contributed by atoms with Gasteiger partial charge in [0.05, 0.1) is 0 Å². The van der Waals surface area contributed by atoms with Gasteiger partial charge in [-0.25, -0.2) is 9.67 Å². The topological polar surface area (TPSA) is 67.4 Å². The van der Waals surface area contributed by atoms with Crippen molar-refractivity contribution in [3.63, 3.8) is 0 Å². The Kier molecular flexibility index (Phi) is 2.41. The summed E-state index contributed by atoms with van der Waals surface area (Å²) in [5.41, 5.74) is 0. The third-order valence-corrected chi connectivity index (χ3v) is 2.11. The normalized spacial score (nSPS) is 9.71. The summed E-state index contributed by atoms with van der Waals surface area (Å²) in [6.07, 6.45) is 3.32. The monoisotopic (exact) mass is 297 g/mol. The van der Waals surface area contributed by atoms with E-state index in [2.05, 4.69) is 37.7 Å². The predicted molar refractivity (Wildman–Crippen MR) is 56.6 cm³/mol. The molecule has 0 saturated heterocycles. The van der Waals surface area contributed by atoms with Crippen LogP contribution in [0.15, 0.2) is 24.5 Å². The molecule has 0 bridgehead atoms. The van der Waals surface area contributed by atoms with Crippen molar-refractivity contribution in [3.05, 3.63) is 34.1 Å². The highest BCUT2D eigenvalue weighted by Crippen LogP contribution is 2.05. The van der Waals surface area contributed by atoms with E-state index in [1.54, 1.807) is 16.9 Å². The van der Waals surface area contributed by atoms with Crippen LogP contribution >= 0.6 is 22.6 Å². The van der Waals surface area contributed by atoms with Gasteiger partial charge in [0.25, 0.3) is 0 Å². The fraction of sp³-hybridized carbons (Fsp3) is 0. The van der Waals surface area contributed by atoms with Gasteiger partial charge in [-0.3, -0.25) is 0 Å². The minimum absolute atomic E-state index is 0.146. The van der Waals surface area contributed by atoms with E-state index in [9.17, 15) is 0 Å². The second-order valence-electron chi connectivity index (χ2n) is 2.43. The molecule has 0 aliphatic carbocycles. The molecule has 14 heavy (non-hydrogen) atoms. The Bertz CT molecular complexity index is 498. The fourth-order valence-electron chi connectivity index (χ4n) is 0.960. The Morgan fingerprint density at radius 3 is 2.93 bits per heavy atom. The average molecular weight is 297 g/mol. The van der Waals surface area contributed by atoms with Crippen LogP contribution in [0.3, 0.4) is 0 Å². The van der Waals surface area contributed by atoms with Crippen molar-refractivity contribution in [2.75, 3.05) is 0 Å². The summed E-state index contributed by atoms with van der Waals surface area (Å²) in [7, 11) is 0. The lowest BCUT2D eigenvalue weighted by Gasteiger charge is -1.98. The Morgan fingerprint density at radius 1 is 1.43 bits per heavy atom. The third-order valence-electron chi connectivity index (χ3n) is 1.53. The fourth-order valence-corrected chi connectivity index (χ4v) is 1.35. The number of hydrogen-bond acceptors (Lipinski definition) is 4. The first-order valence-electron chi connectivity index (χ1n) is 3.74. The molecule has 6 heteroatoms. The van der Waals surface area contributed by atoms with Crippen LogP contribution in [-0.4, -0.2) is 19.7 Å². The summed E-state index contributed by atoms with van der Waals surface area (Å²) in [4.78, 5) is 7.77. The number of nitriles is 1. The molecule has 0 amide bonds. The Labute approximate surface area is 93.6 Å². The molecule has 0 saturated carbocycles. The smallest absolute Gasteiger partial charge is 0.227 e. The molecule has 68 valence electrons. The highest BCUT2D eigenvalue weighted by atomic mass is 127. The molecular weight excluding hydrogens is 293 g/mol. The zero-order valence-electron chi connectivity index (χ0n) is 6.92. The van der Waals surface area contributed by atoms with E-state index < -0.39 is 0 Å². The van der Waals surface area contributed by atoms with E-state index in [1.165, 1.54) is 6.20 Å². The molecule has 0 aromatic carbocycles. The maximum atomic E-state index is 8.61. The molecule has 0 N–H and O–H groups in total. The van der Waals surface area contributed by atoms with E-state index in [0.29, 0.717) is 5.82 Å². The summed E-state index contributed by atoms with van der Waals surface area (Å²) in [5.74, 6) is 0.743. The second-order valence-corrected chi connectivity index (χ2v) is 3.54. The van der Waals surface area contributed by atoms with Gasteiger partial charge in [-0.2, -0.15) is 15.3 Å². The van der Waals surface area contributed by atoms with E-state index >= 15 is 0 Å². The average Bonchev–Trinajstić information content (AvgIpc) is 2.65. The summed E-state index contributed by atoms with van der Waals surface area (Å²) in [6.45, 7) is 0. The van der Waals surface area contributed by atoms with Gasteiger partial charge in [0.2, 0.25) is 5.82 Å². The Morgan fingerprint density at radius 2 is 2.29 bits per heavy atom. The molecule has 0 fully saturated rings. The van der Waals surface area contributed by atoms with Crippen LogP contribution < -0.4 is 0 Å². The van der Waals surface area contributed by atoms with Crippen molar-refractivity contribution >= 4 is 22.6 Å². The van der Waals surface area contributed by atoms with Crippen LogP contribution in [0.5, 0.6) is 0 Å². The highest BCUT2D eigenvalue weighted by molar-refractivity contribution is 14.1. The van der Waals surface area contributed by atoms with Crippen LogP contribution in [0, 0.1) is 15.0 Å². The van der Waals surface area contributed by atoms with Crippen LogP contribution in [0.1, 0.15) is 5.82 Å². The first kappa shape index (κ1) is 9.08. The molecule has 2 aromatic rings. The molecule has 0 atom stereocenters. The SMILES string of the molecule is N#Cc1nccc(-n2ccc(I)n2)n1. The molecule has 0 unspecified atom stereocenters. The Hall–Kier alpha value is -1.49. The molecule has 5 nitrogen and oxygen atoms in total. The highest BCUT2D eigenvalue weighted by Gasteiger charge is 2.01. The van der Waals surface area contributed by atoms with Crippen LogP contribution in [0.4, 0.5) is 0 Å². The van der Waals surface area contributed by atoms with Gasteiger partial charge < -0.3 is 0 Å². The molecule has 0 spiro atoms. The maximum Gasteiger partial charge on any atom is 0.234 e. The van der Waals surface area contributed by atoms with Crippen molar-refractivity contribution < 1.29 is 0 Å². The van der Waals surface area contributed by atoms with E-state index in [-0.39, 0.29) is 5.82 Å². The molecule has 0 aliphatic heterocycles. The quantitative estimate of drug-likeness (QED) is 0.740. The minimum atomic E-state index is 0.146. The molecule has 2 aromatic heterocycles. The number of halogens is 1. The lowest BCUT2D eigenvalue weighted by atomic mass is 10.5. The van der Waals surface area contributed by atoms with E-state index in [4.69, 9.17) is 5.26 Å². The van der Waals surface area contributed by atoms with Gasteiger partial charge in [0.1, 0.15) is 9.77 Å². The zero-order chi connectivity index (χ0) is 9.97. The molecule has 0 radical (unpaired) electrons. The number of rotatable bonds is 1. The summed E-state index contributed by atoms with van der Waals surface area (Å²) >= 11 is 2.11. The lowest BCUT2D eigenvalue weighted by Crippen LogP contribution is -2.00. The summed E-state index contributed by atoms with van der Waals surface area (Å²) in [6, 6.07) is 5.43. The lowest BCUT2D eigenvalue weighted by molar-refractivity contribution is 0.826. The van der Waals surface area contributed by atoms with Crippen LogP contribution in [-0.2, 0) is 0 Å². The van der Waals surface area contributed by atoms with E-state index in [0.717, 1.165) is 3.70 Å². The first-order chi connectivity index (χ1) is 6.79. The van der Waals surface area contributed by atoms with Crippen molar-refractivity contribution in [2.24, 2.45) is 0 Å². The van der Waals surface area contributed by atoms with Crippen molar-refractivity contribution in [3.8, 4) is 11.9 Å². The Balaban J connectivity index is 2.47. The number of hydrogen-bond donors (Lipinski definition) is 0. The molecule has 2 heterocycles. The standard InChI is InChI=1S/C8H4IN5/c9-6-2-4-14(13-6)8-1-3-11-7(5-10)12-8/h1-4H. The van der Waals surface area contributed by atoms with Crippen molar-refractivity contribution in [2.45, 2.75) is 0 Å². The van der Waals surface area contributed by atoms with Gasteiger partial charge >= 0.3 is 0 Å². The van der Waals surface area contributed by atoms with Gasteiger partial charge in [-0.1, -0.05) is 0 Å². The van der Waals surface area contributed by atoms with Crippen LogP contribution in [0.2, 0.25) is 0 Å². The van der Waals surface area contributed by atoms with Gasteiger partial charge in [0.15, 0.2) is 5.82 Å². The number of nitrogens with zero attached hydrogens (tertiary/aromatic N) is 5. The maximum absolute atomic E-state index is 8.61. The molecule has 2 rings (SSSR count). The molecular formula is C8H4IN5.